The third-order valence-electron chi connectivity index (χ3n) is 3.05. The van der Waals surface area contributed by atoms with Gasteiger partial charge in [0.15, 0.2) is 0 Å². The SMILES string of the molecule is COCCn1cc(NCc2cn3ccccc3n2)cn1. The molecule has 6 heteroatoms. The summed E-state index contributed by atoms with van der Waals surface area (Å²) in [5.74, 6) is 0. The Kier molecular flexibility index (Phi) is 3.64. The van der Waals surface area contributed by atoms with Gasteiger partial charge in [-0.2, -0.15) is 5.10 Å². The third-order valence-corrected chi connectivity index (χ3v) is 3.05. The van der Waals surface area contributed by atoms with E-state index in [2.05, 4.69) is 15.4 Å². The predicted molar refractivity (Wildman–Crippen MR) is 76.6 cm³/mol. The lowest BCUT2D eigenvalue weighted by atomic mass is 10.4. The monoisotopic (exact) mass is 271 g/mol. The molecule has 3 aromatic heterocycles. The average molecular weight is 271 g/mol. The lowest BCUT2D eigenvalue weighted by Crippen LogP contribution is -2.04. The second kappa shape index (κ2) is 5.75. The number of pyridine rings is 1. The molecule has 3 aromatic rings. The topological polar surface area (TPSA) is 56.4 Å². The van der Waals surface area contributed by atoms with Gasteiger partial charge in [-0.1, -0.05) is 6.07 Å². The maximum absolute atomic E-state index is 5.02. The van der Waals surface area contributed by atoms with Gasteiger partial charge >= 0.3 is 0 Å². The fourth-order valence-electron chi connectivity index (χ4n) is 2.03. The minimum absolute atomic E-state index is 0.660. The number of aromatic nitrogens is 4. The highest BCUT2D eigenvalue weighted by Crippen LogP contribution is 2.09. The fourth-order valence-corrected chi connectivity index (χ4v) is 2.03. The van der Waals surface area contributed by atoms with E-state index in [9.17, 15) is 0 Å². The van der Waals surface area contributed by atoms with Crippen molar-refractivity contribution in [2.75, 3.05) is 19.0 Å². The molecule has 20 heavy (non-hydrogen) atoms. The van der Waals surface area contributed by atoms with E-state index in [4.69, 9.17) is 4.74 Å². The largest absolute Gasteiger partial charge is 0.383 e. The molecule has 0 amide bonds. The summed E-state index contributed by atoms with van der Waals surface area (Å²) in [6, 6.07) is 5.97. The Morgan fingerprint density at radius 1 is 1.30 bits per heavy atom. The molecule has 0 unspecified atom stereocenters. The molecular formula is C14H17N5O. The van der Waals surface area contributed by atoms with Crippen LogP contribution in [0.1, 0.15) is 5.69 Å². The van der Waals surface area contributed by atoms with Gasteiger partial charge < -0.3 is 14.5 Å². The van der Waals surface area contributed by atoms with E-state index in [-0.39, 0.29) is 0 Å². The first-order valence-corrected chi connectivity index (χ1v) is 6.53. The summed E-state index contributed by atoms with van der Waals surface area (Å²) in [6.45, 7) is 2.09. The molecule has 0 bridgehead atoms. The van der Waals surface area contributed by atoms with Crippen LogP contribution in [-0.4, -0.2) is 32.9 Å². The van der Waals surface area contributed by atoms with Crippen LogP contribution in [0, 0.1) is 0 Å². The van der Waals surface area contributed by atoms with Crippen molar-refractivity contribution in [3.8, 4) is 0 Å². The normalized spacial score (nSPS) is 11.1. The van der Waals surface area contributed by atoms with Crippen molar-refractivity contribution >= 4 is 11.3 Å². The van der Waals surface area contributed by atoms with Gasteiger partial charge in [0.25, 0.3) is 0 Å². The van der Waals surface area contributed by atoms with Gasteiger partial charge in [0, 0.05) is 25.7 Å². The van der Waals surface area contributed by atoms with E-state index >= 15 is 0 Å². The first-order chi connectivity index (χ1) is 9.85. The number of imidazole rings is 1. The molecular weight excluding hydrogens is 254 g/mol. The number of nitrogens with zero attached hydrogens (tertiary/aromatic N) is 4. The Bertz CT molecular complexity index is 655. The van der Waals surface area contributed by atoms with Crippen molar-refractivity contribution in [3.63, 3.8) is 0 Å². The van der Waals surface area contributed by atoms with Gasteiger partial charge in [0.05, 0.1) is 37.3 Å². The van der Waals surface area contributed by atoms with Crippen LogP contribution < -0.4 is 5.32 Å². The van der Waals surface area contributed by atoms with Gasteiger partial charge in [-0.05, 0) is 12.1 Å². The first kappa shape index (κ1) is 12.7. The Labute approximate surface area is 117 Å². The number of nitrogens with one attached hydrogen (secondary N) is 1. The van der Waals surface area contributed by atoms with Crippen LogP contribution in [-0.2, 0) is 17.8 Å². The molecule has 0 fully saturated rings. The standard InChI is InChI=1S/C14H17N5O/c1-20-7-6-19-11-12(9-16-19)15-8-13-10-18-5-3-2-4-14(18)17-13/h2-5,9-11,15H,6-8H2,1H3. The third kappa shape index (κ3) is 2.80. The quantitative estimate of drug-likeness (QED) is 0.742. The maximum atomic E-state index is 5.02. The Hall–Kier alpha value is -2.34. The summed E-state index contributed by atoms with van der Waals surface area (Å²) in [6.07, 6.45) is 7.80. The number of methoxy groups -OCH3 is 1. The number of anilines is 1. The summed E-state index contributed by atoms with van der Waals surface area (Å²) < 4.78 is 8.89. The van der Waals surface area contributed by atoms with Crippen molar-refractivity contribution in [1.82, 2.24) is 19.2 Å². The molecule has 0 spiro atoms. The summed E-state index contributed by atoms with van der Waals surface area (Å²) in [7, 11) is 1.69. The molecule has 0 aliphatic heterocycles. The Balaban J connectivity index is 1.62. The second-order valence-electron chi connectivity index (χ2n) is 4.54. The molecule has 0 saturated carbocycles. The molecule has 3 rings (SSSR count). The van der Waals surface area contributed by atoms with Crippen molar-refractivity contribution in [2.24, 2.45) is 0 Å². The highest BCUT2D eigenvalue weighted by molar-refractivity contribution is 5.42. The van der Waals surface area contributed by atoms with Crippen LogP contribution in [0.5, 0.6) is 0 Å². The first-order valence-electron chi connectivity index (χ1n) is 6.53. The molecule has 0 aliphatic carbocycles. The van der Waals surface area contributed by atoms with E-state index in [1.54, 1.807) is 7.11 Å². The zero-order valence-corrected chi connectivity index (χ0v) is 11.4. The van der Waals surface area contributed by atoms with E-state index in [0.717, 1.165) is 23.6 Å². The van der Waals surface area contributed by atoms with E-state index < -0.39 is 0 Å². The molecule has 0 radical (unpaired) electrons. The molecule has 104 valence electrons. The van der Waals surface area contributed by atoms with Crippen LogP contribution in [0.15, 0.2) is 43.0 Å². The van der Waals surface area contributed by atoms with Gasteiger partial charge in [0.1, 0.15) is 5.65 Å². The number of fused-ring (bicyclic) bond motifs is 1. The Morgan fingerprint density at radius 3 is 3.10 bits per heavy atom. The molecule has 0 aliphatic rings. The lowest BCUT2D eigenvalue weighted by Gasteiger charge is -2.00. The second-order valence-corrected chi connectivity index (χ2v) is 4.54. The Morgan fingerprint density at radius 2 is 2.25 bits per heavy atom. The smallest absolute Gasteiger partial charge is 0.137 e. The zero-order chi connectivity index (χ0) is 13.8. The fraction of sp³-hybridized carbons (Fsp3) is 0.286. The average Bonchev–Trinajstić information content (AvgIpc) is 3.09. The van der Waals surface area contributed by atoms with E-state index in [1.807, 2.05) is 52.1 Å². The minimum Gasteiger partial charge on any atom is -0.383 e. The summed E-state index contributed by atoms with van der Waals surface area (Å²) in [5, 5.41) is 7.58. The minimum atomic E-state index is 0.660. The summed E-state index contributed by atoms with van der Waals surface area (Å²) >= 11 is 0. The van der Waals surface area contributed by atoms with E-state index in [1.165, 1.54) is 0 Å². The van der Waals surface area contributed by atoms with E-state index in [0.29, 0.717) is 13.2 Å². The molecule has 3 heterocycles. The van der Waals surface area contributed by atoms with Crippen molar-refractivity contribution in [3.05, 3.63) is 48.7 Å². The van der Waals surface area contributed by atoms with Crippen LogP contribution in [0.4, 0.5) is 5.69 Å². The number of rotatable bonds is 6. The van der Waals surface area contributed by atoms with Crippen LogP contribution in [0.2, 0.25) is 0 Å². The summed E-state index contributed by atoms with van der Waals surface area (Å²) in [4.78, 5) is 4.54. The molecule has 1 N–H and O–H groups in total. The predicted octanol–water partition coefficient (Wildman–Crippen LogP) is 1.79. The van der Waals surface area contributed by atoms with Crippen molar-refractivity contribution in [1.29, 1.82) is 0 Å². The van der Waals surface area contributed by atoms with Crippen molar-refractivity contribution in [2.45, 2.75) is 13.1 Å². The lowest BCUT2D eigenvalue weighted by molar-refractivity contribution is 0.183. The maximum Gasteiger partial charge on any atom is 0.137 e. The molecule has 0 atom stereocenters. The van der Waals surface area contributed by atoms with Gasteiger partial charge in [-0.25, -0.2) is 4.98 Å². The molecule has 6 nitrogen and oxygen atoms in total. The zero-order valence-electron chi connectivity index (χ0n) is 11.4. The molecule has 0 aromatic carbocycles. The van der Waals surface area contributed by atoms with Gasteiger partial charge in [-0.3, -0.25) is 4.68 Å². The van der Waals surface area contributed by atoms with Gasteiger partial charge in [0.2, 0.25) is 0 Å². The highest BCUT2D eigenvalue weighted by Gasteiger charge is 2.02. The van der Waals surface area contributed by atoms with Crippen LogP contribution in [0.3, 0.4) is 0 Å². The highest BCUT2D eigenvalue weighted by atomic mass is 16.5. The van der Waals surface area contributed by atoms with Crippen LogP contribution in [0.25, 0.3) is 5.65 Å². The number of ether oxygens (including phenoxy) is 1. The van der Waals surface area contributed by atoms with Gasteiger partial charge in [-0.15, -0.1) is 0 Å². The summed E-state index contributed by atoms with van der Waals surface area (Å²) in [5.41, 5.74) is 2.94. The van der Waals surface area contributed by atoms with Crippen LogP contribution >= 0.6 is 0 Å². The number of hydrogen-bond acceptors (Lipinski definition) is 4. The number of hydrogen-bond donors (Lipinski definition) is 1. The molecule has 0 saturated heterocycles. The van der Waals surface area contributed by atoms with Crippen molar-refractivity contribution < 1.29 is 4.74 Å².